The lowest BCUT2D eigenvalue weighted by molar-refractivity contribution is -0.137. The Bertz CT molecular complexity index is 698. The molecule has 23 heavy (non-hydrogen) atoms. The fraction of sp³-hybridized carbons (Fsp3) is 0.200. The Labute approximate surface area is 133 Å². The number of nitrogens with one attached hydrogen (secondary N) is 1. The summed E-state index contributed by atoms with van der Waals surface area (Å²) in [5.41, 5.74) is -1.07. The maximum atomic E-state index is 12.9. The van der Waals surface area contributed by atoms with Crippen molar-refractivity contribution in [2.24, 2.45) is 0 Å². The van der Waals surface area contributed by atoms with Crippen LogP contribution in [-0.4, -0.2) is 18.0 Å². The molecule has 8 heteroatoms. The predicted molar refractivity (Wildman–Crippen MR) is 79.3 cm³/mol. The highest BCUT2D eigenvalue weighted by atomic mass is 32.1. The summed E-state index contributed by atoms with van der Waals surface area (Å²) < 4.78 is 43.5. The van der Waals surface area contributed by atoms with Gasteiger partial charge in [-0.2, -0.15) is 24.5 Å². The van der Waals surface area contributed by atoms with Gasteiger partial charge in [-0.1, -0.05) is 12.1 Å². The minimum absolute atomic E-state index is 0.283. The first-order valence-corrected chi connectivity index (χ1v) is 7.43. The number of amides is 1. The van der Waals surface area contributed by atoms with Crippen LogP contribution in [0.2, 0.25) is 0 Å². The molecule has 0 unspecified atom stereocenters. The minimum Gasteiger partial charge on any atom is -0.449 e. The summed E-state index contributed by atoms with van der Waals surface area (Å²) in [6, 6.07) is 6.10. The number of alkyl halides is 3. The Hall–Kier alpha value is -2.35. The van der Waals surface area contributed by atoms with Gasteiger partial charge in [0.1, 0.15) is 0 Å². The van der Waals surface area contributed by atoms with Gasteiger partial charge in [-0.05, 0) is 30.5 Å². The van der Waals surface area contributed by atoms with E-state index in [2.05, 4.69) is 5.32 Å². The Morgan fingerprint density at radius 3 is 2.52 bits per heavy atom. The van der Waals surface area contributed by atoms with Crippen LogP contribution in [0.5, 0.6) is 0 Å². The molecule has 1 atom stereocenters. The number of anilines is 1. The van der Waals surface area contributed by atoms with Crippen LogP contribution in [-0.2, 0) is 15.7 Å². The zero-order valence-corrected chi connectivity index (χ0v) is 12.7. The first-order valence-electron chi connectivity index (χ1n) is 6.49. The van der Waals surface area contributed by atoms with Gasteiger partial charge in [0, 0.05) is 5.38 Å². The molecule has 0 aliphatic carbocycles. The van der Waals surface area contributed by atoms with Gasteiger partial charge in [-0.15, -0.1) is 0 Å². The molecule has 1 aromatic carbocycles. The summed E-state index contributed by atoms with van der Waals surface area (Å²) in [5, 5.41) is 5.35. The maximum Gasteiger partial charge on any atom is 0.418 e. The summed E-state index contributed by atoms with van der Waals surface area (Å²) in [7, 11) is 0. The van der Waals surface area contributed by atoms with Crippen LogP contribution in [0.4, 0.5) is 18.9 Å². The Kier molecular flexibility index (Phi) is 5.05. The second-order valence-corrected chi connectivity index (χ2v) is 5.37. The molecule has 4 nitrogen and oxygen atoms in total. The first-order chi connectivity index (χ1) is 10.8. The summed E-state index contributed by atoms with van der Waals surface area (Å²) in [6.45, 7) is 1.29. The van der Waals surface area contributed by atoms with E-state index in [-0.39, 0.29) is 11.3 Å². The third kappa shape index (κ3) is 4.32. The van der Waals surface area contributed by atoms with E-state index in [1.54, 1.807) is 10.8 Å². The van der Waals surface area contributed by atoms with Crippen LogP contribution in [0.15, 0.2) is 41.1 Å². The average Bonchev–Trinajstić information content (AvgIpc) is 3.00. The normalized spacial score (nSPS) is 12.5. The third-order valence-corrected chi connectivity index (χ3v) is 3.58. The van der Waals surface area contributed by atoms with E-state index in [9.17, 15) is 22.8 Å². The molecule has 1 aromatic heterocycles. The lowest BCUT2D eigenvalue weighted by atomic mass is 10.1. The molecular formula is C15H12F3NO3S. The summed E-state index contributed by atoms with van der Waals surface area (Å²) in [5.74, 6) is -1.55. The molecule has 0 saturated heterocycles. The van der Waals surface area contributed by atoms with Gasteiger partial charge in [0.05, 0.1) is 16.8 Å². The van der Waals surface area contributed by atoms with Crippen molar-refractivity contribution >= 4 is 28.9 Å². The van der Waals surface area contributed by atoms with E-state index >= 15 is 0 Å². The van der Waals surface area contributed by atoms with Crippen LogP contribution in [0.1, 0.15) is 22.8 Å². The number of benzene rings is 1. The first kappa shape index (κ1) is 17.0. The number of hydrogen-bond donors (Lipinski definition) is 1. The molecule has 0 spiro atoms. The standard InChI is InChI=1S/C15H12F3NO3S/c1-9(22-14(21)10-6-7-23-8-10)13(20)19-12-5-3-2-4-11(12)15(16,17)18/h2-9H,1H3,(H,19,20)/t9-/m1/s1. The lowest BCUT2D eigenvalue weighted by Crippen LogP contribution is -2.30. The number of esters is 1. The number of carbonyl (C=O) groups is 2. The zero-order valence-electron chi connectivity index (χ0n) is 11.9. The number of rotatable bonds is 4. The number of para-hydroxylation sites is 1. The smallest absolute Gasteiger partial charge is 0.418 e. The second-order valence-electron chi connectivity index (χ2n) is 4.59. The fourth-order valence-electron chi connectivity index (χ4n) is 1.74. The summed E-state index contributed by atoms with van der Waals surface area (Å²) in [6.07, 6.45) is -5.83. The quantitative estimate of drug-likeness (QED) is 0.855. The number of halogens is 3. The number of thiophene rings is 1. The molecule has 0 fully saturated rings. The van der Waals surface area contributed by atoms with E-state index in [1.165, 1.54) is 36.5 Å². The highest BCUT2D eigenvalue weighted by molar-refractivity contribution is 7.08. The molecule has 0 aliphatic rings. The van der Waals surface area contributed by atoms with Crippen molar-refractivity contribution in [3.8, 4) is 0 Å². The van der Waals surface area contributed by atoms with Crippen LogP contribution in [0.25, 0.3) is 0 Å². The van der Waals surface area contributed by atoms with Crippen molar-refractivity contribution in [1.29, 1.82) is 0 Å². The van der Waals surface area contributed by atoms with Crippen LogP contribution in [0.3, 0.4) is 0 Å². The average molecular weight is 343 g/mol. The maximum absolute atomic E-state index is 12.9. The van der Waals surface area contributed by atoms with Crippen LogP contribution >= 0.6 is 11.3 Å². The molecular weight excluding hydrogens is 331 g/mol. The zero-order chi connectivity index (χ0) is 17.0. The van der Waals surface area contributed by atoms with Gasteiger partial charge in [0.25, 0.3) is 5.91 Å². The lowest BCUT2D eigenvalue weighted by Gasteiger charge is -2.16. The van der Waals surface area contributed by atoms with Gasteiger partial charge in [-0.3, -0.25) is 4.79 Å². The van der Waals surface area contributed by atoms with Crippen LogP contribution in [0, 0.1) is 0 Å². The van der Waals surface area contributed by atoms with Gasteiger partial charge < -0.3 is 10.1 Å². The molecule has 2 rings (SSSR count). The molecule has 0 saturated carbocycles. The molecule has 122 valence electrons. The predicted octanol–water partition coefficient (Wildman–Crippen LogP) is 3.95. The van der Waals surface area contributed by atoms with E-state index in [1.807, 2.05) is 0 Å². The van der Waals surface area contributed by atoms with E-state index in [4.69, 9.17) is 4.74 Å². The van der Waals surface area contributed by atoms with Crippen molar-refractivity contribution in [3.63, 3.8) is 0 Å². The van der Waals surface area contributed by atoms with Crippen LogP contribution < -0.4 is 5.32 Å². The minimum atomic E-state index is -4.60. The second kappa shape index (κ2) is 6.82. The fourth-order valence-corrected chi connectivity index (χ4v) is 2.36. The van der Waals surface area contributed by atoms with Crippen molar-refractivity contribution in [2.75, 3.05) is 5.32 Å². The van der Waals surface area contributed by atoms with Gasteiger partial charge >= 0.3 is 12.1 Å². The number of ether oxygens (including phenoxy) is 1. The molecule has 2 aromatic rings. The molecule has 1 N–H and O–H groups in total. The number of hydrogen-bond acceptors (Lipinski definition) is 4. The largest absolute Gasteiger partial charge is 0.449 e. The van der Waals surface area contributed by atoms with E-state index in [0.29, 0.717) is 0 Å². The Morgan fingerprint density at radius 2 is 1.91 bits per heavy atom. The van der Waals surface area contributed by atoms with Crippen molar-refractivity contribution in [1.82, 2.24) is 0 Å². The molecule has 1 heterocycles. The summed E-state index contributed by atoms with van der Waals surface area (Å²) in [4.78, 5) is 23.7. The Balaban J connectivity index is 2.06. The molecule has 0 aliphatic heterocycles. The molecule has 0 radical (unpaired) electrons. The topological polar surface area (TPSA) is 55.4 Å². The Morgan fingerprint density at radius 1 is 1.22 bits per heavy atom. The van der Waals surface area contributed by atoms with Crippen molar-refractivity contribution in [3.05, 3.63) is 52.2 Å². The molecule has 0 bridgehead atoms. The molecule has 1 amide bonds. The highest BCUT2D eigenvalue weighted by Crippen LogP contribution is 2.34. The van der Waals surface area contributed by atoms with Crippen molar-refractivity contribution < 1.29 is 27.5 Å². The van der Waals surface area contributed by atoms with Gasteiger partial charge in [-0.25, -0.2) is 4.79 Å². The monoisotopic (exact) mass is 343 g/mol. The van der Waals surface area contributed by atoms with Gasteiger partial charge in [0.2, 0.25) is 0 Å². The van der Waals surface area contributed by atoms with Crippen molar-refractivity contribution in [2.45, 2.75) is 19.2 Å². The third-order valence-electron chi connectivity index (χ3n) is 2.90. The summed E-state index contributed by atoms with van der Waals surface area (Å²) >= 11 is 1.28. The van der Waals surface area contributed by atoms with E-state index in [0.717, 1.165) is 12.1 Å². The van der Waals surface area contributed by atoms with E-state index < -0.39 is 29.7 Å². The highest BCUT2D eigenvalue weighted by Gasteiger charge is 2.34. The number of carbonyl (C=O) groups excluding carboxylic acids is 2. The van der Waals surface area contributed by atoms with Gasteiger partial charge in [0.15, 0.2) is 6.10 Å². The SMILES string of the molecule is C[C@@H](OC(=O)c1ccsc1)C(=O)Nc1ccccc1C(F)(F)F.